The van der Waals surface area contributed by atoms with Crippen LogP contribution in [0.5, 0.6) is 11.5 Å². The molecule has 1 aromatic rings. The number of anilines is 1. The van der Waals surface area contributed by atoms with E-state index in [1.165, 1.54) is 21.1 Å². The van der Waals surface area contributed by atoms with Crippen LogP contribution in [0.2, 0.25) is 0 Å². The number of nitrogens with zero attached hydrogens (tertiary/aromatic N) is 2. The maximum atomic E-state index is 12.3. The molecule has 2 rings (SSSR count). The van der Waals surface area contributed by atoms with Crippen molar-refractivity contribution in [2.45, 2.75) is 32.5 Å². The van der Waals surface area contributed by atoms with E-state index in [9.17, 15) is 9.59 Å². The van der Waals surface area contributed by atoms with Crippen molar-refractivity contribution < 1.29 is 28.6 Å². The number of carbonyl (C=O) groups is 2. The SMILES string of the molecule is COc1ccc(NC(=O)C(C)ON=C(N)CC(=O)N2CCOC(C)C2)cc1OC. The van der Waals surface area contributed by atoms with Crippen LogP contribution >= 0.6 is 0 Å². The van der Waals surface area contributed by atoms with E-state index in [2.05, 4.69) is 10.5 Å². The van der Waals surface area contributed by atoms with Crippen LogP contribution in [0.3, 0.4) is 0 Å². The van der Waals surface area contributed by atoms with Crippen molar-refractivity contribution in [1.29, 1.82) is 0 Å². The molecule has 2 unspecified atom stereocenters. The van der Waals surface area contributed by atoms with Crippen LogP contribution in [0, 0.1) is 0 Å². The molecule has 10 nitrogen and oxygen atoms in total. The number of morpholine rings is 1. The number of methoxy groups -OCH3 is 2. The second kappa shape index (κ2) is 10.5. The summed E-state index contributed by atoms with van der Waals surface area (Å²) in [5, 5.41) is 6.40. The number of amidine groups is 1. The average molecular weight is 408 g/mol. The lowest BCUT2D eigenvalue weighted by Crippen LogP contribution is -2.45. The van der Waals surface area contributed by atoms with Gasteiger partial charge in [-0.3, -0.25) is 9.59 Å². The Morgan fingerprint density at radius 2 is 2.07 bits per heavy atom. The predicted octanol–water partition coefficient (Wildman–Crippen LogP) is 0.957. The molecule has 1 aliphatic rings. The molecule has 1 aromatic carbocycles. The van der Waals surface area contributed by atoms with Crippen LogP contribution in [-0.2, 0) is 19.2 Å². The normalized spacial score (nSPS) is 18.0. The third-order valence-corrected chi connectivity index (χ3v) is 4.27. The van der Waals surface area contributed by atoms with Crippen molar-refractivity contribution in [1.82, 2.24) is 4.90 Å². The Balaban J connectivity index is 1.86. The van der Waals surface area contributed by atoms with E-state index in [1.54, 1.807) is 23.1 Å². The van der Waals surface area contributed by atoms with Gasteiger partial charge in [-0.15, -0.1) is 0 Å². The molecule has 0 saturated carbocycles. The maximum Gasteiger partial charge on any atom is 0.267 e. The van der Waals surface area contributed by atoms with Gasteiger partial charge in [0, 0.05) is 24.8 Å². The highest BCUT2D eigenvalue weighted by molar-refractivity contribution is 5.99. The third-order valence-electron chi connectivity index (χ3n) is 4.27. The molecule has 0 bridgehead atoms. The number of hydrogen-bond acceptors (Lipinski definition) is 7. The minimum Gasteiger partial charge on any atom is -0.493 e. The lowest BCUT2D eigenvalue weighted by atomic mass is 10.2. The molecular weight excluding hydrogens is 380 g/mol. The lowest BCUT2D eigenvalue weighted by Gasteiger charge is -2.31. The second-order valence-corrected chi connectivity index (χ2v) is 6.59. The number of ether oxygens (including phenoxy) is 3. The molecule has 1 aliphatic heterocycles. The van der Waals surface area contributed by atoms with Gasteiger partial charge in [0.05, 0.1) is 33.4 Å². The zero-order valence-electron chi connectivity index (χ0n) is 17.1. The maximum absolute atomic E-state index is 12.3. The summed E-state index contributed by atoms with van der Waals surface area (Å²) in [6, 6.07) is 4.98. The Bertz CT molecular complexity index is 754. The molecule has 160 valence electrons. The molecule has 2 atom stereocenters. The molecule has 0 aromatic heterocycles. The number of benzene rings is 1. The smallest absolute Gasteiger partial charge is 0.267 e. The van der Waals surface area contributed by atoms with Gasteiger partial charge in [0.25, 0.3) is 5.91 Å². The van der Waals surface area contributed by atoms with E-state index >= 15 is 0 Å². The molecule has 1 heterocycles. The lowest BCUT2D eigenvalue weighted by molar-refractivity contribution is -0.136. The zero-order chi connectivity index (χ0) is 21.4. The van der Waals surface area contributed by atoms with Crippen LogP contribution in [-0.4, -0.2) is 68.7 Å². The van der Waals surface area contributed by atoms with Gasteiger partial charge in [-0.1, -0.05) is 5.16 Å². The largest absolute Gasteiger partial charge is 0.493 e. The molecular formula is C19H28N4O6. The standard InChI is InChI=1S/C19H28N4O6/c1-12-11-23(7-8-28-12)18(24)10-17(20)22-29-13(2)19(25)21-14-5-6-15(26-3)16(9-14)27-4/h5-6,9,12-13H,7-8,10-11H2,1-4H3,(H2,20,22)(H,21,25). The van der Waals surface area contributed by atoms with E-state index in [0.717, 1.165) is 0 Å². The first-order chi connectivity index (χ1) is 13.8. The summed E-state index contributed by atoms with van der Waals surface area (Å²) in [6.45, 7) is 4.95. The zero-order valence-corrected chi connectivity index (χ0v) is 17.1. The van der Waals surface area contributed by atoms with Gasteiger partial charge in [-0.25, -0.2) is 0 Å². The van der Waals surface area contributed by atoms with Crippen molar-refractivity contribution in [2.75, 3.05) is 39.2 Å². The van der Waals surface area contributed by atoms with Crippen LogP contribution in [0.4, 0.5) is 5.69 Å². The Morgan fingerprint density at radius 3 is 2.72 bits per heavy atom. The fraction of sp³-hybridized carbons (Fsp3) is 0.526. The Morgan fingerprint density at radius 1 is 1.34 bits per heavy atom. The first-order valence-corrected chi connectivity index (χ1v) is 9.24. The summed E-state index contributed by atoms with van der Waals surface area (Å²) in [5.41, 5.74) is 6.28. The van der Waals surface area contributed by atoms with Crippen LogP contribution in [0.15, 0.2) is 23.4 Å². The number of hydrogen-bond donors (Lipinski definition) is 2. The highest BCUT2D eigenvalue weighted by Crippen LogP contribution is 2.29. The van der Waals surface area contributed by atoms with Crippen molar-refractivity contribution in [3.05, 3.63) is 18.2 Å². The van der Waals surface area contributed by atoms with Crippen molar-refractivity contribution in [3.8, 4) is 11.5 Å². The quantitative estimate of drug-likeness (QED) is 0.373. The highest BCUT2D eigenvalue weighted by Gasteiger charge is 2.22. The van der Waals surface area contributed by atoms with Gasteiger partial charge >= 0.3 is 0 Å². The van der Waals surface area contributed by atoms with E-state index in [0.29, 0.717) is 36.9 Å². The summed E-state index contributed by atoms with van der Waals surface area (Å²) in [5.74, 6) is 0.443. The Kier molecular flexibility index (Phi) is 8.08. The van der Waals surface area contributed by atoms with Crippen LogP contribution in [0.1, 0.15) is 20.3 Å². The van der Waals surface area contributed by atoms with Crippen LogP contribution in [0.25, 0.3) is 0 Å². The molecule has 0 radical (unpaired) electrons. The first kappa shape index (κ1) is 22.3. The number of oxime groups is 1. The van der Waals surface area contributed by atoms with Gasteiger partial charge < -0.3 is 35.0 Å². The molecule has 3 N–H and O–H groups in total. The van der Waals surface area contributed by atoms with Crippen molar-refractivity contribution >= 4 is 23.3 Å². The minimum absolute atomic E-state index is 0.0000818. The third kappa shape index (κ3) is 6.53. The number of carbonyl (C=O) groups excluding carboxylic acids is 2. The Labute approximate surface area is 169 Å². The van der Waals surface area contributed by atoms with E-state index in [-0.39, 0.29) is 24.3 Å². The molecule has 10 heteroatoms. The average Bonchev–Trinajstić information content (AvgIpc) is 2.71. The number of nitrogens with one attached hydrogen (secondary N) is 1. The topological polar surface area (TPSA) is 125 Å². The highest BCUT2D eigenvalue weighted by atomic mass is 16.6. The Hall–Kier alpha value is -3.01. The van der Waals surface area contributed by atoms with Gasteiger partial charge in [0.2, 0.25) is 12.0 Å². The monoisotopic (exact) mass is 408 g/mol. The van der Waals surface area contributed by atoms with E-state index < -0.39 is 12.0 Å². The molecule has 29 heavy (non-hydrogen) atoms. The molecule has 1 saturated heterocycles. The molecule has 0 spiro atoms. The fourth-order valence-corrected chi connectivity index (χ4v) is 2.70. The van der Waals surface area contributed by atoms with Crippen molar-refractivity contribution in [3.63, 3.8) is 0 Å². The summed E-state index contributed by atoms with van der Waals surface area (Å²) < 4.78 is 15.8. The minimum atomic E-state index is -0.917. The van der Waals surface area contributed by atoms with Crippen molar-refractivity contribution in [2.24, 2.45) is 10.9 Å². The van der Waals surface area contributed by atoms with E-state index in [4.69, 9.17) is 24.8 Å². The van der Waals surface area contributed by atoms with Gasteiger partial charge in [0.15, 0.2) is 11.5 Å². The van der Waals surface area contributed by atoms with Gasteiger partial charge in [-0.05, 0) is 26.0 Å². The fourth-order valence-electron chi connectivity index (χ4n) is 2.70. The van der Waals surface area contributed by atoms with E-state index in [1.807, 2.05) is 6.92 Å². The molecule has 1 fully saturated rings. The number of nitrogens with two attached hydrogens (primary N) is 1. The van der Waals surface area contributed by atoms with Gasteiger partial charge in [-0.2, -0.15) is 0 Å². The van der Waals surface area contributed by atoms with Crippen LogP contribution < -0.4 is 20.5 Å². The molecule has 2 amide bonds. The number of rotatable bonds is 8. The summed E-state index contributed by atoms with van der Waals surface area (Å²) in [6.07, 6.45) is -1.01. The summed E-state index contributed by atoms with van der Waals surface area (Å²) in [7, 11) is 3.03. The second-order valence-electron chi connectivity index (χ2n) is 6.59. The molecule has 0 aliphatic carbocycles. The number of amides is 2. The summed E-state index contributed by atoms with van der Waals surface area (Å²) in [4.78, 5) is 31.3. The first-order valence-electron chi connectivity index (χ1n) is 9.24. The summed E-state index contributed by atoms with van der Waals surface area (Å²) >= 11 is 0. The van der Waals surface area contributed by atoms with Gasteiger partial charge in [0.1, 0.15) is 5.84 Å². The predicted molar refractivity (Wildman–Crippen MR) is 107 cm³/mol.